The Balaban J connectivity index is 1.52. The Kier molecular flexibility index (Phi) is 7.72. The number of phenols is 1. The lowest BCUT2D eigenvalue weighted by Gasteiger charge is -2.14. The van der Waals surface area contributed by atoms with Crippen LogP contribution in [0.1, 0.15) is 37.8 Å². The quantitative estimate of drug-likeness (QED) is 0.397. The molecule has 0 saturated carbocycles. The van der Waals surface area contributed by atoms with Crippen LogP contribution >= 0.6 is 0 Å². The standard InChI is InChI=1S/C26H28FO3/c1-3-19-8-7-9-23(16-19)29-14-5-6-15-30-26-18-25(28)24(17-20(26)4-2)21-10-12-22(27)13-11-21/h7-13,17-18,28H,3-6,14-15H2,1-2H3. The Morgan fingerprint density at radius 2 is 1.63 bits per heavy atom. The summed E-state index contributed by atoms with van der Waals surface area (Å²) in [5.74, 6) is 1.30. The summed E-state index contributed by atoms with van der Waals surface area (Å²) in [6.45, 7) is 5.30. The van der Waals surface area contributed by atoms with Crippen LogP contribution in [0, 0.1) is 11.9 Å². The predicted octanol–water partition coefficient (Wildman–Crippen LogP) is 6.36. The molecule has 0 aliphatic rings. The lowest BCUT2D eigenvalue weighted by Crippen LogP contribution is -2.04. The zero-order chi connectivity index (χ0) is 21.3. The molecule has 1 radical (unpaired) electrons. The third kappa shape index (κ3) is 5.76. The minimum absolute atomic E-state index is 0.128. The van der Waals surface area contributed by atoms with Crippen molar-refractivity contribution in [2.45, 2.75) is 39.5 Å². The number of hydrogen-bond acceptors (Lipinski definition) is 3. The fraction of sp³-hybridized carbons (Fsp3) is 0.308. The third-order valence-corrected chi connectivity index (χ3v) is 4.98. The minimum atomic E-state index is -0.297. The molecular weight excluding hydrogens is 379 g/mol. The first kappa shape index (κ1) is 21.7. The molecule has 0 saturated heterocycles. The van der Waals surface area contributed by atoms with Gasteiger partial charge < -0.3 is 14.6 Å². The summed E-state index contributed by atoms with van der Waals surface area (Å²) in [6.07, 6.45) is 3.43. The molecule has 157 valence electrons. The highest BCUT2D eigenvalue weighted by atomic mass is 19.1. The van der Waals surface area contributed by atoms with Crippen molar-refractivity contribution < 1.29 is 19.0 Å². The molecule has 0 spiro atoms. The van der Waals surface area contributed by atoms with E-state index in [0.717, 1.165) is 48.1 Å². The summed E-state index contributed by atoms with van der Waals surface area (Å²) in [5.41, 5.74) is 3.61. The third-order valence-electron chi connectivity index (χ3n) is 4.98. The van der Waals surface area contributed by atoms with E-state index in [1.54, 1.807) is 18.2 Å². The SMILES string of the molecule is CCc1[c]c(OCCCCOc2cc(O)c(-c3ccc(F)cc3)cc2CC)ccc1. The minimum Gasteiger partial charge on any atom is -0.507 e. The van der Waals surface area contributed by atoms with Gasteiger partial charge in [0, 0.05) is 17.7 Å². The van der Waals surface area contributed by atoms with Gasteiger partial charge in [0.25, 0.3) is 0 Å². The molecule has 4 heteroatoms. The Labute approximate surface area is 178 Å². The molecule has 0 heterocycles. The number of hydrogen-bond donors (Lipinski definition) is 1. The van der Waals surface area contributed by atoms with Crippen molar-refractivity contribution in [1.29, 1.82) is 0 Å². The second-order valence-electron chi connectivity index (χ2n) is 7.14. The van der Waals surface area contributed by atoms with E-state index in [0.29, 0.717) is 24.5 Å². The first-order valence-corrected chi connectivity index (χ1v) is 10.5. The van der Waals surface area contributed by atoms with Crippen LogP contribution in [0.5, 0.6) is 17.2 Å². The molecule has 0 aliphatic carbocycles. The maximum atomic E-state index is 13.2. The number of ether oxygens (including phenoxy) is 2. The first-order chi connectivity index (χ1) is 14.6. The van der Waals surface area contributed by atoms with E-state index in [1.807, 2.05) is 31.2 Å². The van der Waals surface area contributed by atoms with Crippen LogP contribution in [0.25, 0.3) is 11.1 Å². The summed E-state index contributed by atoms with van der Waals surface area (Å²) in [7, 11) is 0. The van der Waals surface area contributed by atoms with E-state index in [4.69, 9.17) is 9.47 Å². The van der Waals surface area contributed by atoms with Gasteiger partial charge in [-0.05, 0) is 66.6 Å². The molecular formula is C26H28FO3. The van der Waals surface area contributed by atoms with Gasteiger partial charge in [-0.3, -0.25) is 0 Å². The van der Waals surface area contributed by atoms with Crippen LogP contribution in [0.4, 0.5) is 4.39 Å². The zero-order valence-electron chi connectivity index (χ0n) is 17.6. The second-order valence-corrected chi connectivity index (χ2v) is 7.14. The van der Waals surface area contributed by atoms with Gasteiger partial charge in [0.1, 0.15) is 23.1 Å². The molecule has 3 nitrogen and oxygen atoms in total. The molecule has 3 rings (SSSR count). The monoisotopic (exact) mass is 407 g/mol. The van der Waals surface area contributed by atoms with Crippen molar-refractivity contribution in [2.75, 3.05) is 13.2 Å². The van der Waals surface area contributed by atoms with Gasteiger partial charge >= 0.3 is 0 Å². The van der Waals surface area contributed by atoms with Crippen molar-refractivity contribution >= 4 is 0 Å². The molecule has 0 aromatic heterocycles. The smallest absolute Gasteiger partial charge is 0.127 e. The largest absolute Gasteiger partial charge is 0.507 e. The van der Waals surface area contributed by atoms with Gasteiger partial charge in [-0.15, -0.1) is 0 Å². The molecule has 1 N–H and O–H groups in total. The fourth-order valence-corrected chi connectivity index (χ4v) is 3.24. The van der Waals surface area contributed by atoms with Crippen LogP contribution in [-0.4, -0.2) is 18.3 Å². The van der Waals surface area contributed by atoms with Gasteiger partial charge in [0.15, 0.2) is 0 Å². The lowest BCUT2D eigenvalue weighted by molar-refractivity contribution is 0.264. The van der Waals surface area contributed by atoms with E-state index in [-0.39, 0.29) is 11.6 Å². The second kappa shape index (κ2) is 10.7. The summed E-state index contributed by atoms with van der Waals surface area (Å²) < 4.78 is 24.9. The van der Waals surface area contributed by atoms with Crippen molar-refractivity contribution in [2.24, 2.45) is 0 Å². The molecule has 0 aliphatic heterocycles. The van der Waals surface area contributed by atoms with Crippen molar-refractivity contribution in [3.63, 3.8) is 0 Å². The van der Waals surface area contributed by atoms with Crippen molar-refractivity contribution in [3.8, 4) is 28.4 Å². The van der Waals surface area contributed by atoms with Crippen molar-refractivity contribution in [1.82, 2.24) is 0 Å². The van der Waals surface area contributed by atoms with Crippen molar-refractivity contribution in [3.05, 3.63) is 77.6 Å². The molecule has 30 heavy (non-hydrogen) atoms. The van der Waals surface area contributed by atoms with Crippen LogP contribution in [0.3, 0.4) is 0 Å². The molecule has 0 fully saturated rings. The van der Waals surface area contributed by atoms with E-state index in [2.05, 4.69) is 13.0 Å². The highest BCUT2D eigenvalue weighted by molar-refractivity contribution is 5.72. The topological polar surface area (TPSA) is 38.7 Å². The number of rotatable bonds is 10. The zero-order valence-corrected chi connectivity index (χ0v) is 17.6. The van der Waals surface area contributed by atoms with Gasteiger partial charge in [0.2, 0.25) is 0 Å². The summed E-state index contributed by atoms with van der Waals surface area (Å²) in [6, 6.07) is 18.9. The molecule has 3 aromatic rings. The Bertz CT molecular complexity index is 951. The van der Waals surface area contributed by atoms with Gasteiger partial charge in [-0.1, -0.05) is 38.1 Å². The van der Waals surface area contributed by atoms with E-state index >= 15 is 0 Å². The highest BCUT2D eigenvalue weighted by Crippen LogP contribution is 2.36. The Morgan fingerprint density at radius 3 is 2.33 bits per heavy atom. The maximum absolute atomic E-state index is 13.2. The average molecular weight is 408 g/mol. The predicted molar refractivity (Wildman–Crippen MR) is 118 cm³/mol. The molecule has 0 amide bonds. The van der Waals surface area contributed by atoms with Gasteiger partial charge in [0.05, 0.1) is 13.2 Å². The van der Waals surface area contributed by atoms with E-state index in [9.17, 15) is 9.50 Å². The summed E-state index contributed by atoms with van der Waals surface area (Å²) in [4.78, 5) is 0. The number of phenolic OH excluding ortho intramolecular Hbond substituents is 1. The number of aromatic hydroxyl groups is 1. The van der Waals surface area contributed by atoms with E-state index < -0.39 is 0 Å². The number of benzene rings is 3. The number of aryl methyl sites for hydroxylation is 2. The number of unbranched alkanes of at least 4 members (excludes halogenated alkanes) is 1. The molecule has 0 bridgehead atoms. The number of halogens is 1. The van der Waals surface area contributed by atoms with Crippen LogP contribution in [0.15, 0.2) is 54.6 Å². The molecule has 0 atom stereocenters. The summed E-state index contributed by atoms with van der Waals surface area (Å²) in [5, 5.41) is 10.4. The fourth-order valence-electron chi connectivity index (χ4n) is 3.24. The van der Waals surface area contributed by atoms with Crippen LogP contribution in [-0.2, 0) is 12.8 Å². The lowest BCUT2D eigenvalue weighted by atomic mass is 10.00. The van der Waals surface area contributed by atoms with E-state index in [1.165, 1.54) is 12.1 Å². The Hall–Kier alpha value is -3.01. The normalized spacial score (nSPS) is 10.8. The average Bonchev–Trinajstić information content (AvgIpc) is 2.77. The molecule has 0 unspecified atom stereocenters. The van der Waals surface area contributed by atoms with Crippen LogP contribution < -0.4 is 9.47 Å². The van der Waals surface area contributed by atoms with Gasteiger partial charge in [-0.2, -0.15) is 0 Å². The van der Waals surface area contributed by atoms with Crippen LogP contribution in [0.2, 0.25) is 0 Å². The Morgan fingerprint density at radius 1 is 0.900 bits per heavy atom. The molecule has 3 aromatic carbocycles. The van der Waals surface area contributed by atoms with Gasteiger partial charge in [-0.25, -0.2) is 4.39 Å². The first-order valence-electron chi connectivity index (χ1n) is 10.5. The summed E-state index contributed by atoms with van der Waals surface area (Å²) >= 11 is 0. The highest BCUT2D eigenvalue weighted by Gasteiger charge is 2.11. The maximum Gasteiger partial charge on any atom is 0.127 e.